The van der Waals surface area contributed by atoms with Crippen LogP contribution >= 0.6 is 24.4 Å². The Hall–Kier alpha value is -1.44. The van der Waals surface area contributed by atoms with Crippen LogP contribution in [0.2, 0.25) is 0 Å². The smallest absolute Gasteiger partial charge is 0.326 e. The third-order valence-corrected chi connectivity index (χ3v) is 4.77. The predicted octanol–water partition coefficient (Wildman–Crippen LogP) is 2.29. The number of thioether (sulfide) groups is 1. The molecule has 0 heterocycles. The summed E-state index contributed by atoms with van der Waals surface area (Å²) < 4.78 is 0. The summed E-state index contributed by atoms with van der Waals surface area (Å²) in [5.74, 6) is -0.124. The first-order valence-electron chi connectivity index (χ1n) is 8.04. The average Bonchev–Trinajstić information content (AvgIpc) is 2.59. The summed E-state index contributed by atoms with van der Waals surface area (Å²) in [6, 6.07) is 4.65. The van der Waals surface area contributed by atoms with E-state index in [2.05, 4.69) is 17.9 Å². The number of nitrogens with two attached hydrogens (primary N) is 1. The molecule has 25 heavy (non-hydrogen) atoms. The largest absolute Gasteiger partial charge is 0.480 e. The highest BCUT2D eigenvalue weighted by Crippen LogP contribution is 2.13. The number of carboxylic acid groups (broad SMARTS) is 1. The van der Waals surface area contributed by atoms with Crippen LogP contribution < -0.4 is 11.1 Å². The van der Waals surface area contributed by atoms with Crippen LogP contribution in [0.5, 0.6) is 0 Å². The number of aryl methyl sites for hydroxylation is 1. The number of amides is 1. The Kier molecular flexibility index (Phi) is 9.70. The van der Waals surface area contributed by atoms with E-state index in [0.717, 1.165) is 11.1 Å². The molecular weight excluding hydrogens is 356 g/mol. The molecule has 0 spiro atoms. The third kappa shape index (κ3) is 7.54. The quantitative estimate of drug-likeness (QED) is 0.368. The fourth-order valence-electron chi connectivity index (χ4n) is 2.21. The first-order valence-corrected chi connectivity index (χ1v) is 10.1. The van der Waals surface area contributed by atoms with Gasteiger partial charge in [-0.1, -0.05) is 24.3 Å². The molecular formula is C18H26N2O3S2. The molecule has 1 unspecified atom stereocenters. The van der Waals surface area contributed by atoms with E-state index in [1.54, 1.807) is 17.8 Å². The third-order valence-electron chi connectivity index (χ3n) is 3.71. The van der Waals surface area contributed by atoms with Crippen LogP contribution in [0, 0.1) is 6.92 Å². The maximum absolute atomic E-state index is 12.5. The topological polar surface area (TPSA) is 92.4 Å². The van der Waals surface area contributed by atoms with Gasteiger partial charge in [0.2, 0.25) is 0 Å². The van der Waals surface area contributed by atoms with Gasteiger partial charge in [-0.15, -0.1) is 0 Å². The van der Waals surface area contributed by atoms with E-state index in [0.29, 0.717) is 29.9 Å². The number of carboxylic acids is 1. The number of carbonyl (C=O) groups is 2. The van der Waals surface area contributed by atoms with E-state index in [4.69, 9.17) is 5.73 Å². The molecule has 0 bridgehead atoms. The zero-order valence-corrected chi connectivity index (χ0v) is 16.3. The van der Waals surface area contributed by atoms with E-state index in [-0.39, 0.29) is 11.9 Å². The van der Waals surface area contributed by atoms with Crippen LogP contribution in [-0.2, 0) is 11.2 Å². The molecule has 1 rings (SSSR count). The van der Waals surface area contributed by atoms with Crippen molar-refractivity contribution in [1.29, 1.82) is 0 Å². The van der Waals surface area contributed by atoms with Gasteiger partial charge < -0.3 is 16.2 Å². The summed E-state index contributed by atoms with van der Waals surface area (Å²) in [7, 11) is 0. The van der Waals surface area contributed by atoms with Crippen LogP contribution in [0.1, 0.15) is 27.9 Å². The second kappa shape index (κ2) is 11.2. The SMILES string of the molecule is CSCC[C@H](NC(=O)c1cc(CC=CC(N)CS)ccc1C)C(=O)O. The van der Waals surface area contributed by atoms with E-state index < -0.39 is 12.0 Å². The van der Waals surface area contributed by atoms with Gasteiger partial charge in [-0.05, 0) is 49.0 Å². The van der Waals surface area contributed by atoms with Gasteiger partial charge in [0.15, 0.2) is 0 Å². The molecule has 2 atom stereocenters. The number of hydrogen-bond donors (Lipinski definition) is 4. The zero-order valence-electron chi connectivity index (χ0n) is 14.6. The first kappa shape index (κ1) is 21.6. The van der Waals surface area contributed by atoms with Crippen LogP contribution in [0.3, 0.4) is 0 Å². The van der Waals surface area contributed by atoms with Gasteiger partial charge in [-0.25, -0.2) is 4.79 Å². The highest BCUT2D eigenvalue weighted by Gasteiger charge is 2.21. The van der Waals surface area contributed by atoms with Gasteiger partial charge in [0.05, 0.1) is 0 Å². The molecule has 1 amide bonds. The molecule has 0 saturated carbocycles. The van der Waals surface area contributed by atoms with Crippen LogP contribution in [0.15, 0.2) is 30.4 Å². The van der Waals surface area contributed by atoms with Gasteiger partial charge in [0.1, 0.15) is 6.04 Å². The second-order valence-electron chi connectivity index (χ2n) is 5.77. The van der Waals surface area contributed by atoms with Gasteiger partial charge >= 0.3 is 5.97 Å². The molecule has 0 fully saturated rings. The number of thiol groups is 1. The molecule has 0 aliphatic heterocycles. The Labute approximate surface area is 158 Å². The lowest BCUT2D eigenvalue weighted by molar-refractivity contribution is -0.139. The molecule has 138 valence electrons. The van der Waals surface area contributed by atoms with Crippen molar-refractivity contribution in [1.82, 2.24) is 5.32 Å². The van der Waals surface area contributed by atoms with Crippen LogP contribution in [0.4, 0.5) is 0 Å². The molecule has 5 nitrogen and oxygen atoms in total. The first-order chi connectivity index (χ1) is 11.9. The summed E-state index contributed by atoms with van der Waals surface area (Å²) in [4.78, 5) is 23.8. The normalized spacial score (nSPS) is 13.6. The van der Waals surface area contributed by atoms with Crippen LogP contribution in [0.25, 0.3) is 0 Å². The van der Waals surface area contributed by atoms with Gasteiger partial charge in [0, 0.05) is 17.4 Å². The Morgan fingerprint density at radius 3 is 2.76 bits per heavy atom. The minimum Gasteiger partial charge on any atom is -0.480 e. The molecule has 0 saturated heterocycles. The molecule has 7 heteroatoms. The van der Waals surface area contributed by atoms with Gasteiger partial charge in [-0.3, -0.25) is 4.79 Å². The number of hydrogen-bond acceptors (Lipinski definition) is 5. The van der Waals surface area contributed by atoms with Gasteiger partial charge in [-0.2, -0.15) is 24.4 Å². The lowest BCUT2D eigenvalue weighted by Crippen LogP contribution is -2.41. The monoisotopic (exact) mass is 382 g/mol. The van der Waals surface area contributed by atoms with E-state index >= 15 is 0 Å². The Balaban J connectivity index is 2.84. The fourth-order valence-corrected chi connectivity index (χ4v) is 2.80. The van der Waals surface area contributed by atoms with Crippen molar-refractivity contribution < 1.29 is 14.7 Å². The van der Waals surface area contributed by atoms with Crippen molar-refractivity contribution >= 4 is 36.3 Å². The van der Waals surface area contributed by atoms with Crippen molar-refractivity contribution in [3.63, 3.8) is 0 Å². The van der Waals surface area contributed by atoms with Crippen molar-refractivity contribution in [2.45, 2.75) is 31.8 Å². The summed E-state index contributed by atoms with van der Waals surface area (Å²) in [5, 5.41) is 11.9. The van der Waals surface area contributed by atoms with Crippen molar-refractivity contribution in [2.75, 3.05) is 17.8 Å². The lowest BCUT2D eigenvalue weighted by Gasteiger charge is -2.15. The second-order valence-corrected chi connectivity index (χ2v) is 7.12. The maximum atomic E-state index is 12.5. The van der Waals surface area contributed by atoms with Gasteiger partial charge in [0.25, 0.3) is 5.91 Å². The number of nitrogens with one attached hydrogen (secondary N) is 1. The van der Waals surface area contributed by atoms with Crippen molar-refractivity contribution in [2.24, 2.45) is 5.73 Å². The fraction of sp³-hybridized carbons (Fsp3) is 0.444. The summed E-state index contributed by atoms with van der Waals surface area (Å²) in [6.07, 6.45) is 6.78. The molecule has 0 aliphatic rings. The predicted molar refractivity (Wildman–Crippen MR) is 108 cm³/mol. The number of benzene rings is 1. The molecule has 0 aromatic heterocycles. The Morgan fingerprint density at radius 2 is 2.16 bits per heavy atom. The zero-order chi connectivity index (χ0) is 18.8. The average molecular weight is 383 g/mol. The van der Waals surface area contributed by atoms with E-state index in [1.807, 2.05) is 37.5 Å². The maximum Gasteiger partial charge on any atom is 0.326 e. The standard InChI is InChI=1S/C18H26N2O3S2/c1-12-6-7-13(4-3-5-14(19)11-24)10-15(12)17(21)20-16(18(22)23)8-9-25-2/h3,5-7,10,14,16,24H,4,8-9,11,19H2,1-2H3,(H,20,21)(H,22,23)/t14?,16-/m0/s1. The Morgan fingerprint density at radius 1 is 1.44 bits per heavy atom. The summed E-state index contributed by atoms with van der Waals surface area (Å²) in [5.41, 5.74) is 8.06. The summed E-state index contributed by atoms with van der Waals surface area (Å²) in [6.45, 7) is 1.84. The van der Waals surface area contributed by atoms with Crippen LogP contribution in [-0.4, -0.2) is 46.8 Å². The minimum atomic E-state index is -1.01. The molecule has 0 radical (unpaired) electrons. The minimum absolute atomic E-state index is 0.0932. The van der Waals surface area contributed by atoms with Crippen molar-refractivity contribution in [3.8, 4) is 0 Å². The number of carbonyl (C=O) groups excluding carboxylic acids is 1. The summed E-state index contributed by atoms with van der Waals surface area (Å²) >= 11 is 5.68. The lowest BCUT2D eigenvalue weighted by atomic mass is 10.0. The highest BCUT2D eigenvalue weighted by molar-refractivity contribution is 7.98. The molecule has 1 aromatic carbocycles. The molecule has 0 aliphatic carbocycles. The number of aliphatic carboxylic acids is 1. The molecule has 1 aromatic rings. The number of rotatable bonds is 10. The van der Waals surface area contributed by atoms with Crippen molar-refractivity contribution in [3.05, 3.63) is 47.0 Å². The van der Waals surface area contributed by atoms with E-state index in [9.17, 15) is 14.7 Å². The molecule has 4 N–H and O–H groups in total. The number of allylic oxidation sites excluding steroid dienone is 1. The highest BCUT2D eigenvalue weighted by atomic mass is 32.2. The van der Waals surface area contributed by atoms with E-state index in [1.165, 1.54) is 0 Å². The Bertz CT molecular complexity index is 620.